The Bertz CT molecular complexity index is 1060. The van der Waals surface area contributed by atoms with Crippen LogP contribution in [0.3, 0.4) is 0 Å². The minimum atomic E-state index is -1.84. The Kier molecular flexibility index (Phi) is 10.2. The second-order valence-corrected chi connectivity index (χ2v) is 14.3. The van der Waals surface area contributed by atoms with E-state index in [2.05, 4.69) is 13.8 Å². The maximum absolute atomic E-state index is 13.1. The van der Waals surface area contributed by atoms with Crippen LogP contribution in [0.15, 0.2) is 23.3 Å². The normalized spacial score (nSPS) is 38.2. The molecule has 0 aliphatic heterocycles. The molecule has 0 unspecified atom stereocenters. The van der Waals surface area contributed by atoms with Gasteiger partial charge < -0.3 is 30.3 Å². The van der Waals surface area contributed by atoms with Crippen LogP contribution in [0.4, 0.5) is 0 Å². The number of fused-ring (bicyclic) bond motifs is 5. The van der Waals surface area contributed by atoms with E-state index in [0.29, 0.717) is 17.8 Å². The number of carboxylic acid groups (broad SMARTS) is 1. The Balaban J connectivity index is 1.30. The number of unbranched alkanes of at least 4 members (excludes halogenated alkanes) is 10. The van der Waals surface area contributed by atoms with E-state index < -0.39 is 57.8 Å². The van der Waals surface area contributed by atoms with Crippen molar-refractivity contribution in [2.75, 3.05) is 13.2 Å². The van der Waals surface area contributed by atoms with Crippen LogP contribution in [0.5, 0.6) is 0 Å². The average Bonchev–Trinajstić information content (AvgIpc) is 3.38. The van der Waals surface area contributed by atoms with Crippen molar-refractivity contribution in [3.63, 3.8) is 0 Å². The van der Waals surface area contributed by atoms with Crippen LogP contribution in [0.1, 0.15) is 111 Å². The van der Waals surface area contributed by atoms with Crippen molar-refractivity contribution in [1.82, 2.24) is 0 Å². The Morgan fingerprint density at radius 1 is 0.952 bits per heavy atom. The molecule has 2 saturated carbocycles. The zero-order valence-corrected chi connectivity index (χ0v) is 26.1. The maximum atomic E-state index is 13.1. The molecule has 8 atom stereocenters. The largest absolute Gasteiger partial charge is 0.481 e. The molecule has 5 N–H and O–H groups in total. The highest BCUT2D eigenvalue weighted by atomic mass is 16.5. The highest BCUT2D eigenvalue weighted by Crippen LogP contribution is 2.76. The molecule has 8 heteroatoms. The number of carboxylic acids is 1. The highest BCUT2D eigenvalue weighted by Gasteiger charge is 2.85. The molecular formula is C34H54O8. The Morgan fingerprint density at radius 3 is 2.05 bits per heavy atom. The topological polar surface area (TPSA) is 145 Å². The summed E-state index contributed by atoms with van der Waals surface area (Å²) in [6.45, 7) is 7.80. The number of ketones is 1. The van der Waals surface area contributed by atoms with Crippen molar-refractivity contribution in [2.24, 2.45) is 29.1 Å². The fraction of sp³-hybridized carbons (Fsp3) is 0.824. The van der Waals surface area contributed by atoms with Gasteiger partial charge in [0, 0.05) is 48.5 Å². The van der Waals surface area contributed by atoms with Gasteiger partial charge in [0.25, 0.3) is 0 Å². The van der Waals surface area contributed by atoms with Crippen LogP contribution in [0.2, 0.25) is 0 Å². The Labute approximate surface area is 251 Å². The molecule has 0 aromatic heterocycles. The lowest BCUT2D eigenvalue weighted by molar-refractivity contribution is -0.219. The number of hydrogen-bond donors (Lipinski definition) is 5. The first-order valence-corrected chi connectivity index (χ1v) is 16.3. The number of aliphatic hydroxyl groups is 4. The van der Waals surface area contributed by atoms with Crippen LogP contribution in [0.25, 0.3) is 0 Å². The highest BCUT2D eigenvalue weighted by molar-refractivity contribution is 6.04. The number of aliphatic hydroxyl groups excluding tert-OH is 2. The summed E-state index contributed by atoms with van der Waals surface area (Å²) in [6.07, 6.45) is 14.7. The minimum absolute atomic E-state index is 0.0315. The smallest absolute Gasteiger partial charge is 0.303 e. The quantitative estimate of drug-likeness (QED) is 0.128. The van der Waals surface area contributed by atoms with E-state index in [0.717, 1.165) is 38.5 Å². The van der Waals surface area contributed by atoms with Crippen LogP contribution in [0, 0.1) is 29.1 Å². The van der Waals surface area contributed by atoms with E-state index in [1.54, 1.807) is 19.9 Å². The number of carbonyl (C=O) groups excluding carboxylic acids is 1. The molecule has 4 aliphatic rings. The van der Waals surface area contributed by atoms with Gasteiger partial charge in [-0.25, -0.2) is 0 Å². The number of carbonyl (C=O) groups is 2. The summed E-state index contributed by atoms with van der Waals surface area (Å²) in [5, 5.41) is 54.7. The summed E-state index contributed by atoms with van der Waals surface area (Å²) in [4.78, 5) is 23.6. The molecule has 4 rings (SSSR count). The van der Waals surface area contributed by atoms with Gasteiger partial charge in [-0.1, -0.05) is 90.7 Å². The number of aliphatic carboxylic acids is 1. The number of Topliss-reactive ketones (excluding diaryl/α,β-unsaturated/α-hetero) is 1. The average molecular weight is 591 g/mol. The van der Waals surface area contributed by atoms with E-state index >= 15 is 0 Å². The minimum Gasteiger partial charge on any atom is -0.481 e. The van der Waals surface area contributed by atoms with Crippen molar-refractivity contribution in [3.8, 4) is 0 Å². The number of ether oxygens (including phenoxy) is 1. The van der Waals surface area contributed by atoms with Gasteiger partial charge in [-0.3, -0.25) is 9.59 Å². The molecule has 0 heterocycles. The molecule has 0 bridgehead atoms. The Hall–Kier alpha value is -1.58. The molecule has 0 spiro atoms. The molecule has 238 valence electrons. The summed E-state index contributed by atoms with van der Waals surface area (Å²) in [5.74, 6) is -3.38. The van der Waals surface area contributed by atoms with Gasteiger partial charge in [-0.2, -0.15) is 0 Å². The van der Waals surface area contributed by atoms with Crippen molar-refractivity contribution in [2.45, 2.75) is 134 Å². The molecular weight excluding hydrogens is 536 g/mol. The predicted molar refractivity (Wildman–Crippen MR) is 160 cm³/mol. The van der Waals surface area contributed by atoms with Crippen LogP contribution in [-0.2, 0) is 14.3 Å². The zero-order valence-electron chi connectivity index (χ0n) is 26.1. The first-order valence-electron chi connectivity index (χ1n) is 16.3. The maximum Gasteiger partial charge on any atom is 0.303 e. The van der Waals surface area contributed by atoms with Crippen molar-refractivity contribution < 1.29 is 39.9 Å². The predicted octanol–water partition coefficient (Wildman–Crippen LogP) is 4.72. The van der Waals surface area contributed by atoms with Gasteiger partial charge in [-0.05, 0) is 30.9 Å². The second kappa shape index (κ2) is 12.8. The molecule has 42 heavy (non-hydrogen) atoms. The van der Waals surface area contributed by atoms with Gasteiger partial charge in [0.15, 0.2) is 5.78 Å². The third-order valence-electron chi connectivity index (χ3n) is 11.4. The second-order valence-electron chi connectivity index (χ2n) is 14.3. The summed E-state index contributed by atoms with van der Waals surface area (Å²) < 4.78 is 6.60. The molecule has 0 saturated heterocycles. The molecule has 4 aliphatic carbocycles. The van der Waals surface area contributed by atoms with Crippen LogP contribution < -0.4 is 0 Å². The Morgan fingerprint density at radius 2 is 1.50 bits per heavy atom. The van der Waals surface area contributed by atoms with Crippen molar-refractivity contribution in [3.05, 3.63) is 23.3 Å². The molecule has 2 fully saturated rings. The third kappa shape index (κ3) is 5.55. The van der Waals surface area contributed by atoms with Crippen molar-refractivity contribution in [1.29, 1.82) is 0 Å². The van der Waals surface area contributed by atoms with E-state index in [1.807, 2.05) is 6.08 Å². The number of rotatable bonds is 16. The van der Waals surface area contributed by atoms with Crippen molar-refractivity contribution >= 4 is 11.8 Å². The van der Waals surface area contributed by atoms with Gasteiger partial charge in [-0.15, -0.1) is 0 Å². The third-order valence-corrected chi connectivity index (χ3v) is 11.4. The number of hydrogen-bond acceptors (Lipinski definition) is 7. The zero-order chi connectivity index (χ0) is 30.9. The summed E-state index contributed by atoms with van der Waals surface area (Å²) in [6, 6.07) is 0. The fourth-order valence-electron chi connectivity index (χ4n) is 8.98. The lowest BCUT2D eigenvalue weighted by Gasteiger charge is -2.52. The van der Waals surface area contributed by atoms with E-state index in [1.165, 1.54) is 32.1 Å². The molecule has 0 amide bonds. The van der Waals surface area contributed by atoms with E-state index in [9.17, 15) is 30.0 Å². The van der Waals surface area contributed by atoms with Gasteiger partial charge >= 0.3 is 5.97 Å². The summed E-state index contributed by atoms with van der Waals surface area (Å²) in [7, 11) is 0. The van der Waals surface area contributed by atoms with Crippen LogP contribution in [-0.4, -0.2) is 73.4 Å². The van der Waals surface area contributed by atoms with Crippen LogP contribution >= 0.6 is 0 Å². The van der Waals surface area contributed by atoms with Gasteiger partial charge in [0.1, 0.15) is 11.2 Å². The first-order chi connectivity index (χ1) is 19.8. The summed E-state index contributed by atoms with van der Waals surface area (Å²) in [5.41, 5.74) is -3.73. The van der Waals surface area contributed by atoms with E-state index in [-0.39, 0.29) is 25.4 Å². The molecule has 0 aromatic rings. The summed E-state index contributed by atoms with van der Waals surface area (Å²) >= 11 is 0. The van der Waals surface area contributed by atoms with Gasteiger partial charge in [0.2, 0.25) is 0 Å². The lowest BCUT2D eigenvalue weighted by atomic mass is 9.59. The molecule has 0 aromatic carbocycles. The van der Waals surface area contributed by atoms with Gasteiger partial charge in [0.05, 0.1) is 18.3 Å². The van der Waals surface area contributed by atoms with E-state index in [4.69, 9.17) is 9.84 Å². The fourth-order valence-corrected chi connectivity index (χ4v) is 8.98. The molecule has 0 radical (unpaired) electrons. The SMILES string of the molecule is CC1=C[C@H]2[C@@]3(O)[C@H](C)[C@@H](O)[C@]4(OCCCCCCCCCCCCCC(=O)O)[C@H]([C@@H]3C=C(CO)C[C@]2(O)C1=O)C4(C)C. The lowest BCUT2D eigenvalue weighted by Crippen LogP contribution is -2.65. The first kappa shape index (κ1) is 33.3. The monoisotopic (exact) mass is 590 g/mol. The molecule has 8 nitrogen and oxygen atoms in total. The standard InChI is InChI=1S/C34H54O8/c1-22-18-26-32(40,29(22)38)20-24(21-35)19-25-28-31(3,4)34(28,30(39)23(2)33(25,26)41)42-17-15-13-11-9-7-5-6-8-10-12-14-16-27(36)37/h18-19,23,25-26,28,30,35,39-41H,5-17,20-21H2,1-4H3,(H,36,37)/t23-,25+,26-,28-,30-,32-,33-,34-/m1/s1.